The lowest BCUT2D eigenvalue weighted by atomic mass is 10.0. The molecule has 0 saturated carbocycles. The number of hydrogen-bond acceptors (Lipinski definition) is 4. The molecule has 1 aliphatic heterocycles. The number of para-hydroxylation sites is 1. The Kier molecular flexibility index (Phi) is 4.92. The summed E-state index contributed by atoms with van der Waals surface area (Å²) in [6.07, 6.45) is 4.40. The molecule has 0 fully saturated rings. The minimum Gasteiger partial charge on any atom is -0.385 e. The maximum absolute atomic E-state index is 12.1. The molecule has 2 aromatic carbocycles. The van der Waals surface area contributed by atoms with Crippen molar-refractivity contribution in [1.82, 2.24) is 4.98 Å². The number of carbonyl (C=O) groups is 1. The van der Waals surface area contributed by atoms with Crippen molar-refractivity contribution in [1.29, 1.82) is 0 Å². The van der Waals surface area contributed by atoms with Gasteiger partial charge < -0.3 is 10.6 Å². The smallest absolute Gasteiger partial charge is 0.237 e. The highest BCUT2D eigenvalue weighted by atomic mass is 16.2. The summed E-state index contributed by atoms with van der Waals surface area (Å²) in [6.45, 7) is 0.818. The van der Waals surface area contributed by atoms with Crippen molar-refractivity contribution >= 4 is 29.2 Å². The Morgan fingerprint density at radius 2 is 1.85 bits per heavy atom. The molecular formula is C22H20N4O. The molecule has 1 unspecified atom stereocenters. The largest absolute Gasteiger partial charge is 0.385 e. The van der Waals surface area contributed by atoms with Crippen molar-refractivity contribution in [3.63, 3.8) is 0 Å². The van der Waals surface area contributed by atoms with E-state index in [0.717, 1.165) is 41.3 Å². The number of nitrogens with one attached hydrogen (secondary N) is 2. The van der Waals surface area contributed by atoms with Gasteiger partial charge in [0, 0.05) is 42.4 Å². The first-order chi connectivity index (χ1) is 13.3. The minimum atomic E-state index is -0.336. The topological polar surface area (TPSA) is 66.4 Å². The SMILES string of the molecule is O=C1Nc2ccccc2C1C=Nc1ccc(NCCc2ccccn2)cc1. The number of aromatic nitrogens is 1. The minimum absolute atomic E-state index is 0.0345. The van der Waals surface area contributed by atoms with E-state index in [4.69, 9.17) is 0 Å². The van der Waals surface area contributed by atoms with E-state index in [9.17, 15) is 4.79 Å². The van der Waals surface area contributed by atoms with E-state index in [1.807, 2.05) is 72.9 Å². The molecule has 2 N–H and O–H groups in total. The fourth-order valence-corrected chi connectivity index (χ4v) is 3.09. The average molecular weight is 356 g/mol. The number of anilines is 2. The van der Waals surface area contributed by atoms with E-state index >= 15 is 0 Å². The molecule has 1 aromatic heterocycles. The van der Waals surface area contributed by atoms with Crippen molar-refractivity contribution < 1.29 is 4.79 Å². The first kappa shape index (κ1) is 17.0. The second kappa shape index (κ2) is 7.83. The van der Waals surface area contributed by atoms with Crippen LogP contribution in [-0.4, -0.2) is 23.7 Å². The van der Waals surface area contributed by atoms with Crippen molar-refractivity contribution in [2.45, 2.75) is 12.3 Å². The van der Waals surface area contributed by atoms with Crippen molar-refractivity contribution in [3.8, 4) is 0 Å². The van der Waals surface area contributed by atoms with Gasteiger partial charge in [0.1, 0.15) is 5.92 Å². The molecule has 1 amide bonds. The molecule has 5 heteroatoms. The first-order valence-corrected chi connectivity index (χ1v) is 8.97. The molecule has 5 nitrogen and oxygen atoms in total. The van der Waals surface area contributed by atoms with Crippen molar-refractivity contribution in [2.24, 2.45) is 4.99 Å². The maximum Gasteiger partial charge on any atom is 0.237 e. The summed E-state index contributed by atoms with van der Waals surface area (Å²) < 4.78 is 0. The summed E-state index contributed by atoms with van der Waals surface area (Å²) in [5.74, 6) is -0.370. The molecule has 0 saturated heterocycles. The summed E-state index contributed by atoms with van der Waals surface area (Å²) in [5, 5.41) is 6.27. The number of carbonyl (C=O) groups excluding carboxylic acids is 1. The zero-order chi connectivity index (χ0) is 18.5. The molecule has 1 aliphatic rings. The van der Waals surface area contributed by atoms with Crippen LogP contribution in [0.5, 0.6) is 0 Å². The molecule has 2 heterocycles. The van der Waals surface area contributed by atoms with Gasteiger partial charge in [-0.3, -0.25) is 14.8 Å². The summed E-state index contributed by atoms with van der Waals surface area (Å²) >= 11 is 0. The zero-order valence-corrected chi connectivity index (χ0v) is 14.8. The van der Waals surface area contributed by atoms with Gasteiger partial charge in [-0.2, -0.15) is 0 Å². The van der Waals surface area contributed by atoms with E-state index < -0.39 is 0 Å². The predicted octanol–water partition coefficient (Wildman–Crippen LogP) is 4.17. The molecule has 27 heavy (non-hydrogen) atoms. The predicted molar refractivity (Wildman–Crippen MR) is 109 cm³/mol. The van der Waals surface area contributed by atoms with Crippen LogP contribution in [0.15, 0.2) is 77.9 Å². The Hall–Kier alpha value is -3.47. The third-order valence-corrected chi connectivity index (χ3v) is 4.51. The summed E-state index contributed by atoms with van der Waals surface area (Å²) in [6, 6.07) is 21.5. The number of benzene rings is 2. The number of rotatable bonds is 6. The zero-order valence-electron chi connectivity index (χ0n) is 14.8. The van der Waals surface area contributed by atoms with E-state index in [1.54, 1.807) is 6.21 Å². The van der Waals surface area contributed by atoms with Crippen LogP contribution in [0.1, 0.15) is 17.2 Å². The van der Waals surface area contributed by atoms with Gasteiger partial charge in [0.25, 0.3) is 0 Å². The van der Waals surface area contributed by atoms with Crippen LogP contribution in [0.25, 0.3) is 0 Å². The lowest BCUT2D eigenvalue weighted by Crippen LogP contribution is -2.12. The van der Waals surface area contributed by atoms with Crippen LogP contribution in [0.4, 0.5) is 17.1 Å². The molecule has 4 rings (SSSR count). The third-order valence-electron chi connectivity index (χ3n) is 4.51. The van der Waals surface area contributed by atoms with E-state index in [1.165, 1.54) is 0 Å². The highest BCUT2D eigenvalue weighted by Crippen LogP contribution is 2.31. The second-order valence-electron chi connectivity index (χ2n) is 6.38. The standard InChI is InChI=1S/C22H20N4O/c27-22-20(19-6-1-2-7-21(19)26-22)15-25-18-10-8-17(9-11-18)24-14-12-16-5-3-4-13-23-16/h1-11,13,15,20,24H,12,14H2,(H,26,27). The molecule has 0 radical (unpaired) electrons. The summed E-state index contributed by atoms with van der Waals surface area (Å²) in [4.78, 5) is 20.9. The lowest BCUT2D eigenvalue weighted by Gasteiger charge is -2.06. The second-order valence-corrected chi connectivity index (χ2v) is 6.38. The number of fused-ring (bicyclic) bond motifs is 1. The Morgan fingerprint density at radius 3 is 2.67 bits per heavy atom. The van der Waals surface area contributed by atoms with Gasteiger partial charge in [-0.15, -0.1) is 0 Å². The van der Waals surface area contributed by atoms with Gasteiger partial charge in [-0.1, -0.05) is 24.3 Å². The van der Waals surface area contributed by atoms with Gasteiger partial charge in [0.15, 0.2) is 0 Å². The van der Waals surface area contributed by atoms with Crippen molar-refractivity contribution in [2.75, 3.05) is 17.2 Å². The van der Waals surface area contributed by atoms with Crippen LogP contribution >= 0.6 is 0 Å². The number of aliphatic imine (C=N–C) groups is 1. The van der Waals surface area contributed by atoms with Crippen LogP contribution in [0.3, 0.4) is 0 Å². The molecule has 1 atom stereocenters. The fraction of sp³-hybridized carbons (Fsp3) is 0.136. The number of pyridine rings is 1. The highest BCUT2D eigenvalue weighted by molar-refractivity contribution is 6.12. The average Bonchev–Trinajstić information content (AvgIpc) is 3.03. The monoisotopic (exact) mass is 356 g/mol. The normalized spacial score (nSPS) is 15.6. The van der Waals surface area contributed by atoms with Crippen LogP contribution < -0.4 is 10.6 Å². The summed E-state index contributed by atoms with van der Waals surface area (Å²) in [5.41, 5.74) is 4.77. The molecule has 134 valence electrons. The van der Waals surface area contributed by atoms with Gasteiger partial charge >= 0.3 is 0 Å². The number of amides is 1. The molecule has 3 aromatic rings. The molecule has 0 bridgehead atoms. The Morgan fingerprint density at radius 1 is 1.04 bits per heavy atom. The van der Waals surface area contributed by atoms with Crippen LogP contribution in [0.2, 0.25) is 0 Å². The first-order valence-electron chi connectivity index (χ1n) is 8.97. The number of nitrogens with zero attached hydrogens (tertiary/aromatic N) is 2. The van der Waals surface area contributed by atoms with Crippen molar-refractivity contribution in [3.05, 3.63) is 84.2 Å². The van der Waals surface area contributed by atoms with E-state index in [0.29, 0.717) is 0 Å². The van der Waals surface area contributed by atoms with Crippen LogP contribution in [-0.2, 0) is 11.2 Å². The summed E-state index contributed by atoms with van der Waals surface area (Å²) in [7, 11) is 0. The van der Waals surface area contributed by atoms with Gasteiger partial charge in [-0.25, -0.2) is 0 Å². The molecule has 0 aliphatic carbocycles. The van der Waals surface area contributed by atoms with E-state index in [2.05, 4.69) is 20.6 Å². The molecular weight excluding hydrogens is 336 g/mol. The van der Waals surface area contributed by atoms with Gasteiger partial charge in [0.2, 0.25) is 5.91 Å². The Labute approximate surface area is 158 Å². The van der Waals surface area contributed by atoms with Crippen LogP contribution in [0, 0.1) is 0 Å². The Bertz CT molecular complexity index is 952. The molecule has 0 spiro atoms. The lowest BCUT2D eigenvalue weighted by molar-refractivity contribution is -0.115. The maximum atomic E-state index is 12.1. The Balaban J connectivity index is 1.35. The quantitative estimate of drug-likeness (QED) is 0.651. The number of hydrogen-bond donors (Lipinski definition) is 2. The highest BCUT2D eigenvalue weighted by Gasteiger charge is 2.28. The van der Waals surface area contributed by atoms with E-state index in [-0.39, 0.29) is 11.8 Å². The van der Waals surface area contributed by atoms with Gasteiger partial charge in [0.05, 0.1) is 5.69 Å². The van der Waals surface area contributed by atoms with Gasteiger partial charge in [-0.05, 0) is 48.0 Å². The third kappa shape index (κ3) is 4.03. The fourth-order valence-electron chi connectivity index (χ4n) is 3.09.